The molecule has 2 aromatic rings. The number of anilines is 1. The number of hydrogen-bond acceptors (Lipinski definition) is 3. The number of fused-ring (bicyclic) bond motifs is 1. The summed E-state index contributed by atoms with van der Waals surface area (Å²) in [6, 6.07) is 6.39. The summed E-state index contributed by atoms with van der Waals surface area (Å²) in [5.74, 6) is 1.18. The van der Waals surface area contributed by atoms with Crippen LogP contribution in [0.25, 0.3) is 11.0 Å². The third kappa shape index (κ3) is 2.16. The lowest BCUT2D eigenvalue weighted by Crippen LogP contribution is -2.04. The minimum atomic E-state index is 0.487. The number of imidazole rings is 1. The van der Waals surface area contributed by atoms with E-state index in [-0.39, 0.29) is 0 Å². The predicted octanol–water partition coefficient (Wildman–Crippen LogP) is 2.93. The summed E-state index contributed by atoms with van der Waals surface area (Å²) in [5.41, 5.74) is 8.66. The summed E-state index contributed by atoms with van der Waals surface area (Å²) >= 11 is 1.88. The number of aromatic nitrogens is 2. The van der Waals surface area contributed by atoms with Crippen LogP contribution in [0, 0.1) is 0 Å². The average molecular weight is 235 g/mol. The van der Waals surface area contributed by atoms with Crippen LogP contribution in [0.4, 0.5) is 5.69 Å². The molecule has 0 saturated heterocycles. The molecule has 2 rings (SSSR count). The molecule has 1 heterocycles. The van der Waals surface area contributed by atoms with E-state index in [4.69, 9.17) is 5.73 Å². The van der Waals surface area contributed by atoms with Gasteiger partial charge in [-0.2, -0.15) is 11.8 Å². The summed E-state index contributed by atoms with van der Waals surface area (Å²) in [4.78, 5) is 4.38. The normalized spacial score (nSPS) is 13.1. The summed E-state index contributed by atoms with van der Waals surface area (Å²) in [6.45, 7) is 2.23. The lowest BCUT2D eigenvalue weighted by Gasteiger charge is -2.13. The zero-order valence-corrected chi connectivity index (χ0v) is 10.5. The number of nitrogens with zero attached hydrogens (tertiary/aromatic N) is 2. The molecule has 2 N–H and O–H groups in total. The topological polar surface area (TPSA) is 43.8 Å². The van der Waals surface area contributed by atoms with Gasteiger partial charge in [-0.15, -0.1) is 0 Å². The maximum Gasteiger partial charge on any atom is 0.0960 e. The van der Waals surface area contributed by atoms with Gasteiger partial charge in [0.1, 0.15) is 0 Å². The van der Waals surface area contributed by atoms with Crippen molar-refractivity contribution in [2.45, 2.75) is 19.4 Å². The van der Waals surface area contributed by atoms with Crippen LogP contribution in [0.15, 0.2) is 24.5 Å². The highest BCUT2D eigenvalue weighted by Gasteiger charge is 2.08. The van der Waals surface area contributed by atoms with Crippen LogP contribution >= 0.6 is 11.8 Å². The van der Waals surface area contributed by atoms with Gasteiger partial charge in [0, 0.05) is 11.7 Å². The summed E-state index contributed by atoms with van der Waals surface area (Å²) < 4.78 is 2.23. The molecule has 4 heteroatoms. The first-order valence-electron chi connectivity index (χ1n) is 5.43. The van der Waals surface area contributed by atoms with E-state index in [1.807, 2.05) is 36.3 Å². The summed E-state index contributed by atoms with van der Waals surface area (Å²) in [6.07, 6.45) is 5.21. The van der Waals surface area contributed by atoms with Crippen molar-refractivity contribution in [3.05, 3.63) is 24.5 Å². The van der Waals surface area contributed by atoms with Crippen molar-refractivity contribution in [3.63, 3.8) is 0 Å². The molecule has 0 radical (unpaired) electrons. The number of nitrogens with two attached hydrogens (primary N) is 1. The van der Waals surface area contributed by atoms with Crippen LogP contribution in [-0.4, -0.2) is 21.6 Å². The fourth-order valence-electron chi connectivity index (χ4n) is 1.83. The molecule has 0 saturated carbocycles. The third-order valence-corrected chi connectivity index (χ3v) is 3.46. The lowest BCUT2D eigenvalue weighted by molar-refractivity contribution is 0.549. The predicted molar refractivity (Wildman–Crippen MR) is 71.9 cm³/mol. The highest BCUT2D eigenvalue weighted by atomic mass is 32.2. The molecule has 16 heavy (non-hydrogen) atoms. The number of hydrogen-bond donors (Lipinski definition) is 1. The van der Waals surface area contributed by atoms with Crippen molar-refractivity contribution in [2.24, 2.45) is 0 Å². The van der Waals surface area contributed by atoms with E-state index in [0.29, 0.717) is 6.04 Å². The van der Waals surface area contributed by atoms with Crippen molar-refractivity contribution < 1.29 is 0 Å². The summed E-state index contributed by atoms with van der Waals surface area (Å²) in [5, 5.41) is 0. The fourth-order valence-corrected chi connectivity index (χ4v) is 2.40. The minimum Gasteiger partial charge on any atom is -0.399 e. The zero-order valence-electron chi connectivity index (χ0n) is 9.68. The smallest absolute Gasteiger partial charge is 0.0960 e. The second-order valence-electron chi connectivity index (χ2n) is 4.03. The van der Waals surface area contributed by atoms with Gasteiger partial charge in [-0.1, -0.05) is 0 Å². The number of rotatable bonds is 4. The van der Waals surface area contributed by atoms with Gasteiger partial charge in [0.15, 0.2) is 0 Å². The molecule has 86 valence electrons. The monoisotopic (exact) mass is 235 g/mol. The Labute approximate surface area is 100 Å². The Balaban J connectivity index is 2.31. The Morgan fingerprint density at radius 3 is 3.06 bits per heavy atom. The van der Waals surface area contributed by atoms with Crippen molar-refractivity contribution in [2.75, 3.05) is 17.7 Å². The third-order valence-electron chi connectivity index (χ3n) is 2.81. The van der Waals surface area contributed by atoms with E-state index in [0.717, 1.165) is 17.6 Å². The molecule has 0 fully saturated rings. The van der Waals surface area contributed by atoms with Crippen LogP contribution in [-0.2, 0) is 0 Å². The van der Waals surface area contributed by atoms with E-state index in [1.165, 1.54) is 11.3 Å². The molecule has 0 spiro atoms. The minimum absolute atomic E-state index is 0.487. The highest BCUT2D eigenvalue weighted by molar-refractivity contribution is 7.98. The van der Waals surface area contributed by atoms with Crippen LogP contribution < -0.4 is 5.73 Å². The van der Waals surface area contributed by atoms with Crippen molar-refractivity contribution in [1.29, 1.82) is 0 Å². The largest absolute Gasteiger partial charge is 0.399 e. The number of benzene rings is 1. The molecule has 0 amide bonds. The quantitative estimate of drug-likeness (QED) is 0.829. The average Bonchev–Trinajstić information content (AvgIpc) is 2.68. The first-order valence-corrected chi connectivity index (χ1v) is 6.82. The lowest BCUT2D eigenvalue weighted by atomic mass is 10.2. The maximum atomic E-state index is 5.74. The van der Waals surface area contributed by atoms with Crippen LogP contribution in [0.5, 0.6) is 0 Å². The number of nitrogen functional groups attached to an aromatic ring is 1. The van der Waals surface area contributed by atoms with E-state index < -0.39 is 0 Å². The second-order valence-corrected chi connectivity index (χ2v) is 5.02. The molecule has 1 aromatic carbocycles. The molecule has 0 aliphatic heterocycles. The van der Waals surface area contributed by atoms with Crippen molar-refractivity contribution in [1.82, 2.24) is 9.55 Å². The number of thioether (sulfide) groups is 1. The molecule has 1 atom stereocenters. The Kier molecular flexibility index (Phi) is 3.39. The van der Waals surface area contributed by atoms with Gasteiger partial charge >= 0.3 is 0 Å². The molecule has 0 aliphatic rings. The first-order chi connectivity index (χ1) is 7.72. The molecule has 0 bridgehead atoms. The van der Waals surface area contributed by atoms with E-state index in [1.54, 1.807) is 0 Å². The van der Waals surface area contributed by atoms with E-state index in [2.05, 4.69) is 22.7 Å². The molecule has 1 aromatic heterocycles. The van der Waals surface area contributed by atoms with Gasteiger partial charge < -0.3 is 10.3 Å². The van der Waals surface area contributed by atoms with Gasteiger partial charge in [-0.3, -0.25) is 0 Å². The van der Waals surface area contributed by atoms with Crippen molar-refractivity contribution >= 4 is 28.5 Å². The molecule has 3 nitrogen and oxygen atoms in total. The molecule has 0 aliphatic carbocycles. The Morgan fingerprint density at radius 2 is 2.31 bits per heavy atom. The standard InChI is InChI=1S/C12H17N3S/c1-9(5-6-16-2)15-8-14-11-7-10(13)3-4-12(11)15/h3-4,7-9H,5-6,13H2,1-2H3. The van der Waals surface area contributed by atoms with Crippen molar-refractivity contribution in [3.8, 4) is 0 Å². The molecular weight excluding hydrogens is 218 g/mol. The Morgan fingerprint density at radius 1 is 1.50 bits per heavy atom. The Hall–Kier alpha value is -1.16. The van der Waals surface area contributed by atoms with Gasteiger partial charge in [-0.25, -0.2) is 4.98 Å². The van der Waals surface area contributed by atoms with Gasteiger partial charge in [0.05, 0.1) is 17.4 Å². The van der Waals surface area contributed by atoms with Crippen LogP contribution in [0.2, 0.25) is 0 Å². The van der Waals surface area contributed by atoms with E-state index in [9.17, 15) is 0 Å². The van der Waals surface area contributed by atoms with Crippen LogP contribution in [0.3, 0.4) is 0 Å². The summed E-state index contributed by atoms with van der Waals surface area (Å²) in [7, 11) is 0. The van der Waals surface area contributed by atoms with Crippen LogP contribution in [0.1, 0.15) is 19.4 Å². The highest BCUT2D eigenvalue weighted by Crippen LogP contribution is 2.22. The van der Waals surface area contributed by atoms with Gasteiger partial charge in [-0.05, 0) is 43.6 Å². The van der Waals surface area contributed by atoms with Gasteiger partial charge in [0.25, 0.3) is 0 Å². The molecule has 1 unspecified atom stereocenters. The Bertz CT molecular complexity index is 478. The fraction of sp³-hybridized carbons (Fsp3) is 0.417. The SMILES string of the molecule is CSCCC(C)n1cnc2cc(N)ccc21. The first kappa shape index (κ1) is 11.3. The van der Waals surface area contributed by atoms with Gasteiger partial charge in [0.2, 0.25) is 0 Å². The maximum absolute atomic E-state index is 5.74. The zero-order chi connectivity index (χ0) is 11.5. The van der Waals surface area contributed by atoms with E-state index >= 15 is 0 Å². The second kappa shape index (κ2) is 4.78. The molecular formula is C12H17N3S.